The first kappa shape index (κ1) is 15.2. The minimum absolute atomic E-state index is 0.157. The van der Waals surface area contributed by atoms with Gasteiger partial charge in [0.05, 0.1) is 11.8 Å². The summed E-state index contributed by atoms with van der Waals surface area (Å²) in [5.74, 6) is -0.787. The summed E-state index contributed by atoms with van der Waals surface area (Å²) in [6.07, 6.45) is 1.58. The first-order chi connectivity index (χ1) is 10.1. The van der Waals surface area contributed by atoms with Crippen molar-refractivity contribution >= 4 is 17.6 Å². The highest BCUT2D eigenvalue weighted by molar-refractivity contribution is 6.01. The molecule has 2 N–H and O–H groups in total. The Morgan fingerprint density at radius 2 is 2.33 bits per heavy atom. The second-order valence-electron chi connectivity index (χ2n) is 4.79. The topological polar surface area (TPSA) is 74.3 Å². The van der Waals surface area contributed by atoms with Gasteiger partial charge in [0.2, 0.25) is 5.91 Å². The number of halogens is 1. The molecule has 6 nitrogen and oxygen atoms in total. The van der Waals surface area contributed by atoms with Crippen molar-refractivity contribution in [3.05, 3.63) is 23.6 Å². The van der Waals surface area contributed by atoms with E-state index in [0.717, 1.165) is 12.3 Å². The van der Waals surface area contributed by atoms with Crippen LogP contribution in [0, 0.1) is 5.82 Å². The third kappa shape index (κ3) is 3.12. The van der Waals surface area contributed by atoms with Gasteiger partial charge in [-0.05, 0) is 19.4 Å². The first-order valence-electron chi connectivity index (χ1n) is 7.06. The Bertz CT molecular complexity index is 550. The van der Waals surface area contributed by atoms with E-state index in [1.54, 1.807) is 0 Å². The Kier molecular flexibility index (Phi) is 4.72. The smallest absolute Gasteiger partial charge is 0.258 e. The number of amides is 2. The van der Waals surface area contributed by atoms with Gasteiger partial charge in [0.25, 0.3) is 5.91 Å². The van der Waals surface area contributed by atoms with E-state index >= 15 is 0 Å². The van der Waals surface area contributed by atoms with Crippen molar-refractivity contribution in [2.24, 2.45) is 0 Å². The largest absolute Gasteiger partial charge is 0.370 e. The lowest BCUT2D eigenvalue weighted by atomic mass is 10.1. The number of nitrogens with one attached hydrogen (secondary N) is 2. The zero-order chi connectivity index (χ0) is 15.4. The van der Waals surface area contributed by atoms with E-state index < -0.39 is 11.9 Å². The minimum Gasteiger partial charge on any atom is -0.370 e. The van der Waals surface area contributed by atoms with E-state index in [4.69, 9.17) is 0 Å². The number of nitrogens with zero attached hydrogens (tertiary/aromatic N) is 2. The van der Waals surface area contributed by atoms with Crippen LogP contribution in [0.1, 0.15) is 30.6 Å². The van der Waals surface area contributed by atoms with Crippen molar-refractivity contribution < 1.29 is 14.0 Å². The Morgan fingerprint density at radius 1 is 1.57 bits per heavy atom. The molecule has 114 valence electrons. The van der Waals surface area contributed by atoms with E-state index in [-0.39, 0.29) is 17.4 Å². The molecular formula is C14H19FN4O2. The van der Waals surface area contributed by atoms with Crippen molar-refractivity contribution in [2.45, 2.75) is 26.3 Å². The molecule has 21 heavy (non-hydrogen) atoms. The van der Waals surface area contributed by atoms with E-state index in [0.29, 0.717) is 31.9 Å². The molecule has 0 saturated carbocycles. The number of carbonyl (C=O) groups is 2. The number of hydrogen-bond acceptors (Lipinski definition) is 4. The molecule has 0 aromatic carbocycles. The van der Waals surface area contributed by atoms with Crippen LogP contribution in [-0.4, -0.2) is 47.4 Å². The van der Waals surface area contributed by atoms with Crippen LogP contribution in [-0.2, 0) is 4.79 Å². The van der Waals surface area contributed by atoms with Crippen molar-refractivity contribution in [3.63, 3.8) is 0 Å². The average Bonchev–Trinajstić information content (AvgIpc) is 2.48. The fourth-order valence-electron chi connectivity index (χ4n) is 2.43. The number of pyridine rings is 1. The molecule has 1 aromatic rings. The summed E-state index contributed by atoms with van der Waals surface area (Å²) in [4.78, 5) is 29.9. The van der Waals surface area contributed by atoms with Crippen molar-refractivity contribution in [3.8, 4) is 0 Å². The first-order valence-corrected chi connectivity index (χ1v) is 7.06. The predicted molar refractivity (Wildman–Crippen MR) is 76.5 cm³/mol. The quantitative estimate of drug-likeness (QED) is 0.869. The summed E-state index contributed by atoms with van der Waals surface area (Å²) in [5.41, 5.74) is 0.157. The molecule has 1 saturated heterocycles. The Morgan fingerprint density at radius 3 is 3.00 bits per heavy atom. The van der Waals surface area contributed by atoms with Gasteiger partial charge in [0.1, 0.15) is 17.7 Å². The van der Waals surface area contributed by atoms with Crippen LogP contribution in [0.15, 0.2) is 12.3 Å². The Balaban J connectivity index is 2.34. The number of hydrogen-bond donors (Lipinski definition) is 2. The fourth-order valence-corrected chi connectivity index (χ4v) is 2.43. The molecule has 1 fully saturated rings. The van der Waals surface area contributed by atoms with E-state index in [1.165, 1.54) is 4.90 Å². The molecule has 0 spiro atoms. The van der Waals surface area contributed by atoms with Crippen molar-refractivity contribution in [1.29, 1.82) is 0 Å². The van der Waals surface area contributed by atoms with Gasteiger partial charge in [0, 0.05) is 19.6 Å². The van der Waals surface area contributed by atoms with Crippen LogP contribution in [0.3, 0.4) is 0 Å². The van der Waals surface area contributed by atoms with Crippen LogP contribution in [0.2, 0.25) is 0 Å². The summed E-state index contributed by atoms with van der Waals surface area (Å²) in [6.45, 7) is 5.08. The van der Waals surface area contributed by atoms with Crippen molar-refractivity contribution in [2.75, 3.05) is 25.0 Å². The lowest BCUT2D eigenvalue weighted by Crippen LogP contribution is -2.57. The van der Waals surface area contributed by atoms with Crippen LogP contribution in [0.5, 0.6) is 0 Å². The normalized spacial score (nSPS) is 18.3. The highest BCUT2D eigenvalue weighted by Gasteiger charge is 2.33. The molecule has 0 radical (unpaired) electrons. The van der Waals surface area contributed by atoms with Crippen LogP contribution in [0.4, 0.5) is 10.2 Å². The highest BCUT2D eigenvalue weighted by Crippen LogP contribution is 2.19. The van der Waals surface area contributed by atoms with Gasteiger partial charge >= 0.3 is 0 Å². The molecule has 2 rings (SSSR count). The molecular weight excluding hydrogens is 275 g/mol. The second kappa shape index (κ2) is 6.51. The third-order valence-corrected chi connectivity index (χ3v) is 3.41. The predicted octanol–water partition coefficient (Wildman–Crippen LogP) is 1.00. The lowest BCUT2D eigenvalue weighted by Gasteiger charge is -2.34. The van der Waals surface area contributed by atoms with E-state index in [2.05, 4.69) is 15.6 Å². The van der Waals surface area contributed by atoms with Gasteiger partial charge < -0.3 is 15.5 Å². The maximum atomic E-state index is 13.4. The molecule has 7 heteroatoms. The van der Waals surface area contributed by atoms with Crippen LogP contribution < -0.4 is 10.6 Å². The van der Waals surface area contributed by atoms with Gasteiger partial charge in [-0.25, -0.2) is 9.37 Å². The zero-order valence-corrected chi connectivity index (χ0v) is 12.1. The van der Waals surface area contributed by atoms with Crippen molar-refractivity contribution in [1.82, 2.24) is 15.2 Å². The van der Waals surface area contributed by atoms with Gasteiger partial charge in [-0.1, -0.05) is 6.92 Å². The third-order valence-electron chi connectivity index (χ3n) is 3.41. The van der Waals surface area contributed by atoms with Gasteiger partial charge in [-0.15, -0.1) is 0 Å². The van der Waals surface area contributed by atoms with Gasteiger partial charge in [-0.3, -0.25) is 9.59 Å². The molecule has 1 atom stereocenters. The van der Waals surface area contributed by atoms with E-state index in [1.807, 2.05) is 13.8 Å². The van der Waals surface area contributed by atoms with Gasteiger partial charge in [0.15, 0.2) is 0 Å². The average molecular weight is 294 g/mol. The number of carbonyl (C=O) groups excluding carboxylic acids is 2. The maximum absolute atomic E-state index is 13.4. The molecule has 0 bridgehead atoms. The van der Waals surface area contributed by atoms with Crippen LogP contribution >= 0.6 is 0 Å². The second-order valence-corrected chi connectivity index (χ2v) is 4.79. The molecule has 0 aliphatic carbocycles. The molecule has 1 aliphatic rings. The molecule has 1 unspecified atom stereocenters. The summed E-state index contributed by atoms with van der Waals surface area (Å²) in [7, 11) is 0. The highest BCUT2D eigenvalue weighted by atomic mass is 19.1. The standard InChI is InChI=1S/C14H19FN4O2/c1-3-11-13(20)17-5-6-19(11)14(21)10-7-9(15)8-18-12(10)16-4-2/h7-8,11H,3-6H2,1-2H3,(H,16,18)(H,17,20). The zero-order valence-electron chi connectivity index (χ0n) is 12.1. The Labute approximate surface area is 122 Å². The summed E-state index contributed by atoms with van der Waals surface area (Å²) < 4.78 is 13.4. The van der Waals surface area contributed by atoms with Crippen LogP contribution in [0.25, 0.3) is 0 Å². The molecule has 1 aliphatic heterocycles. The fraction of sp³-hybridized carbons (Fsp3) is 0.500. The molecule has 2 heterocycles. The lowest BCUT2D eigenvalue weighted by molar-refractivity contribution is -0.127. The number of piperazine rings is 1. The summed E-state index contributed by atoms with van der Waals surface area (Å²) in [5, 5.41) is 5.67. The SMILES string of the molecule is CCNc1ncc(F)cc1C(=O)N1CCNC(=O)C1CC. The molecule has 2 amide bonds. The molecule has 1 aromatic heterocycles. The Hall–Kier alpha value is -2.18. The minimum atomic E-state index is -0.575. The van der Waals surface area contributed by atoms with E-state index in [9.17, 15) is 14.0 Å². The number of rotatable bonds is 4. The number of anilines is 1. The summed E-state index contributed by atoms with van der Waals surface area (Å²) >= 11 is 0. The summed E-state index contributed by atoms with van der Waals surface area (Å²) in [6, 6.07) is 0.635. The number of aromatic nitrogens is 1. The van der Waals surface area contributed by atoms with Gasteiger partial charge in [-0.2, -0.15) is 0 Å². The maximum Gasteiger partial charge on any atom is 0.258 e. The monoisotopic (exact) mass is 294 g/mol.